The van der Waals surface area contributed by atoms with E-state index in [4.69, 9.17) is 10.3 Å². The molecule has 0 aliphatic carbocycles. The Balaban J connectivity index is 2.84. The van der Waals surface area contributed by atoms with Gasteiger partial charge in [0.05, 0.1) is 0 Å². The second-order valence-electron chi connectivity index (χ2n) is 2.66. The van der Waals surface area contributed by atoms with E-state index >= 15 is 0 Å². The maximum absolute atomic E-state index is 10.5. The number of rotatable bonds is 4. The van der Waals surface area contributed by atoms with Gasteiger partial charge in [0.1, 0.15) is 6.10 Å². The minimum absolute atomic E-state index is 0.0240. The number of hydrogen-bond donors (Lipinski definition) is 2. The highest BCUT2D eigenvalue weighted by Gasteiger charge is 2.16. The van der Waals surface area contributed by atoms with E-state index in [0.717, 1.165) is 0 Å². The van der Waals surface area contributed by atoms with E-state index in [-0.39, 0.29) is 6.54 Å². The van der Waals surface area contributed by atoms with Gasteiger partial charge in [-0.15, -0.1) is 0 Å². The first kappa shape index (κ1) is 11.1. The first-order chi connectivity index (χ1) is 6.53. The van der Waals surface area contributed by atoms with E-state index < -0.39 is 16.5 Å². The summed E-state index contributed by atoms with van der Waals surface area (Å²) in [5.74, 6) is 0. The lowest BCUT2D eigenvalue weighted by atomic mass is 10.1. The number of hydrogen-bond acceptors (Lipinski definition) is 4. The summed E-state index contributed by atoms with van der Waals surface area (Å²) >= 11 is 0. The van der Waals surface area contributed by atoms with Crippen LogP contribution in [0.5, 0.6) is 0 Å². The first-order valence-electron chi connectivity index (χ1n) is 3.93. The molecule has 0 aromatic heterocycles. The average Bonchev–Trinajstić information content (AvgIpc) is 2.14. The summed E-state index contributed by atoms with van der Waals surface area (Å²) in [6.07, 6.45) is -0.841. The van der Waals surface area contributed by atoms with Gasteiger partial charge < -0.3 is 5.73 Å². The molecule has 1 atom stereocenters. The van der Waals surface area contributed by atoms with E-state index in [2.05, 4.69) is 4.18 Å². The molecule has 0 saturated heterocycles. The van der Waals surface area contributed by atoms with E-state index in [9.17, 15) is 8.42 Å². The lowest BCUT2D eigenvalue weighted by Crippen LogP contribution is -2.19. The van der Waals surface area contributed by atoms with Gasteiger partial charge in [-0.25, -0.2) is 4.18 Å². The van der Waals surface area contributed by atoms with Crippen LogP contribution in [-0.2, 0) is 14.6 Å². The highest BCUT2D eigenvalue weighted by atomic mass is 32.3. The summed E-state index contributed by atoms with van der Waals surface area (Å²) in [4.78, 5) is 0. The van der Waals surface area contributed by atoms with Crippen molar-refractivity contribution in [3.05, 3.63) is 35.9 Å². The van der Waals surface area contributed by atoms with Gasteiger partial charge in [0.2, 0.25) is 0 Å². The third kappa shape index (κ3) is 3.43. The largest absolute Gasteiger partial charge is 0.397 e. The van der Waals surface area contributed by atoms with Crippen LogP contribution in [0.2, 0.25) is 0 Å². The molecule has 14 heavy (non-hydrogen) atoms. The molecule has 3 N–H and O–H groups in total. The molecule has 1 unspecified atom stereocenters. The minimum atomic E-state index is -4.46. The Morgan fingerprint density at radius 1 is 1.36 bits per heavy atom. The highest BCUT2D eigenvalue weighted by Crippen LogP contribution is 2.17. The van der Waals surface area contributed by atoms with Crippen molar-refractivity contribution in [1.29, 1.82) is 0 Å². The molecule has 0 saturated carbocycles. The van der Waals surface area contributed by atoms with Gasteiger partial charge in [-0.1, -0.05) is 30.3 Å². The standard InChI is InChI=1S/C8H11NO4S/c9-6-8(13-14(10,11)12)7-4-2-1-3-5-7/h1-5,8H,6,9H2,(H,10,11,12). The van der Waals surface area contributed by atoms with Crippen LogP contribution >= 0.6 is 0 Å². The third-order valence-corrected chi connectivity index (χ3v) is 2.10. The molecule has 78 valence electrons. The topological polar surface area (TPSA) is 89.6 Å². The lowest BCUT2D eigenvalue weighted by Gasteiger charge is -2.12. The van der Waals surface area contributed by atoms with Gasteiger partial charge in [0, 0.05) is 6.54 Å². The minimum Gasteiger partial charge on any atom is -0.328 e. The quantitative estimate of drug-likeness (QED) is 0.717. The molecule has 0 amide bonds. The maximum atomic E-state index is 10.5. The summed E-state index contributed by atoms with van der Waals surface area (Å²) in [5, 5.41) is 0. The van der Waals surface area contributed by atoms with Crippen LogP contribution in [0.4, 0.5) is 0 Å². The third-order valence-electron chi connectivity index (χ3n) is 1.62. The van der Waals surface area contributed by atoms with E-state index in [1.165, 1.54) is 0 Å². The Morgan fingerprint density at radius 3 is 2.36 bits per heavy atom. The fraction of sp³-hybridized carbons (Fsp3) is 0.250. The van der Waals surface area contributed by atoms with Gasteiger partial charge in [-0.3, -0.25) is 4.55 Å². The molecule has 0 spiro atoms. The molecule has 0 aliphatic heterocycles. The van der Waals surface area contributed by atoms with Gasteiger partial charge in [-0.2, -0.15) is 8.42 Å². The maximum Gasteiger partial charge on any atom is 0.397 e. The Kier molecular flexibility index (Phi) is 3.59. The van der Waals surface area contributed by atoms with Gasteiger partial charge in [0.25, 0.3) is 0 Å². The van der Waals surface area contributed by atoms with E-state index in [0.29, 0.717) is 5.56 Å². The Hall–Kier alpha value is -0.950. The number of benzene rings is 1. The summed E-state index contributed by atoms with van der Waals surface area (Å²) in [6.45, 7) is -0.0240. The van der Waals surface area contributed by atoms with Crippen molar-refractivity contribution >= 4 is 10.4 Å². The van der Waals surface area contributed by atoms with Crippen molar-refractivity contribution in [2.75, 3.05) is 6.54 Å². The molecule has 0 bridgehead atoms. The number of nitrogens with two attached hydrogens (primary N) is 1. The first-order valence-corrected chi connectivity index (χ1v) is 5.30. The normalized spacial score (nSPS) is 13.9. The zero-order valence-electron chi connectivity index (χ0n) is 7.33. The molecule has 1 aromatic rings. The predicted molar refractivity (Wildman–Crippen MR) is 50.9 cm³/mol. The Bertz CT molecular complexity index is 376. The predicted octanol–water partition coefficient (Wildman–Crippen LogP) is 0.506. The second-order valence-corrected chi connectivity index (χ2v) is 3.71. The lowest BCUT2D eigenvalue weighted by molar-refractivity contribution is 0.191. The van der Waals surface area contributed by atoms with Gasteiger partial charge in [-0.05, 0) is 5.56 Å². The van der Waals surface area contributed by atoms with Crippen molar-refractivity contribution in [3.63, 3.8) is 0 Å². The fourth-order valence-corrected chi connectivity index (χ4v) is 1.53. The molecule has 0 radical (unpaired) electrons. The van der Waals surface area contributed by atoms with Crippen molar-refractivity contribution in [3.8, 4) is 0 Å². The van der Waals surface area contributed by atoms with Crippen LogP contribution < -0.4 is 5.73 Å². The van der Waals surface area contributed by atoms with Crippen LogP contribution in [0.1, 0.15) is 11.7 Å². The monoisotopic (exact) mass is 217 g/mol. The van der Waals surface area contributed by atoms with Gasteiger partial charge in [0.15, 0.2) is 0 Å². The van der Waals surface area contributed by atoms with E-state index in [1.807, 2.05) is 0 Å². The van der Waals surface area contributed by atoms with Crippen LogP contribution in [0.25, 0.3) is 0 Å². The molecule has 0 aliphatic rings. The van der Waals surface area contributed by atoms with Crippen LogP contribution in [0.3, 0.4) is 0 Å². The second kappa shape index (κ2) is 4.52. The van der Waals surface area contributed by atoms with E-state index in [1.54, 1.807) is 30.3 Å². The molecular formula is C8H11NO4S. The Morgan fingerprint density at radius 2 is 1.93 bits per heavy atom. The van der Waals surface area contributed by atoms with Gasteiger partial charge >= 0.3 is 10.4 Å². The summed E-state index contributed by atoms with van der Waals surface area (Å²) in [6, 6.07) is 8.58. The zero-order valence-corrected chi connectivity index (χ0v) is 8.15. The van der Waals surface area contributed by atoms with Crippen LogP contribution in [0.15, 0.2) is 30.3 Å². The van der Waals surface area contributed by atoms with Crippen molar-refractivity contribution in [2.24, 2.45) is 5.73 Å². The SMILES string of the molecule is NCC(OS(=O)(=O)O)c1ccccc1. The van der Waals surface area contributed by atoms with Crippen molar-refractivity contribution in [2.45, 2.75) is 6.10 Å². The summed E-state index contributed by atoms with van der Waals surface area (Å²) in [7, 11) is -4.46. The summed E-state index contributed by atoms with van der Waals surface area (Å²) in [5.41, 5.74) is 5.92. The molecule has 5 nitrogen and oxygen atoms in total. The molecule has 1 aromatic carbocycles. The molecule has 6 heteroatoms. The Labute approximate surface area is 82.5 Å². The molecule has 0 fully saturated rings. The van der Waals surface area contributed by atoms with Crippen LogP contribution in [-0.4, -0.2) is 19.5 Å². The molecule has 1 rings (SSSR count). The van der Waals surface area contributed by atoms with Crippen molar-refractivity contribution < 1.29 is 17.2 Å². The highest BCUT2D eigenvalue weighted by molar-refractivity contribution is 7.80. The molecule has 0 heterocycles. The molecular weight excluding hydrogens is 206 g/mol. The average molecular weight is 217 g/mol. The van der Waals surface area contributed by atoms with Crippen LogP contribution in [0, 0.1) is 0 Å². The fourth-order valence-electron chi connectivity index (χ4n) is 1.05. The smallest absolute Gasteiger partial charge is 0.328 e. The zero-order chi connectivity index (χ0) is 10.6. The van der Waals surface area contributed by atoms with Crippen molar-refractivity contribution in [1.82, 2.24) is 0 Å². The summed E-state index contributed by atoms with van der Waals surface area (Å²) < 4.78 is 33.8.